The first-order valence-corrected chi connectivity index (χ1v) is 9.69. The molecule has 6 nitrogen and oxygen atoms in total. The zero-order valence-electron chi connectivity index (χ0n) is 15.9. The molecule has 3 atom stereocenters. The average molecular weight is 361 g/mol. The molecule has 0 amide bonds. The van der Waals surface area contributed by atoms with Gasteiger partial charge in [-0.05, 0) is 50.3 Å². The molecule has 6 heteroatoms. The second kappa shape index (κ2) is 9.78. The van der Waals surface area contributed by atoms with E-state index >= 15 is 0 Å². The Morgan fingerprint density at radius 2 is 2.12 bits per heavy atom. The highest BCUT2D eigenvalue weighted by Crippen LogP contribution is 2.34. The summed E-state index contributed by atoms with van der Waals surface area (Å²) >= 11 is 0. The molecule has 0 saturated carbocycles. The molecule has 3 unspecified atom stereocenters. The molecule has 0 radical (unpaired) electrons. The third kappa shape index (κ3) is 5.35. The number of nitrogens with one attached hydrogen (secondary N) is 2. The largest absolute Gasteiger partial charge is 0.497 e. The molecule has 2 aliphatic heterocycles. The topological polar surface area (TPSA) is 64.1 Å². The molecule has 3 rings (SSSR count). The van der Waals surface area contributed by atoms with E-state index in [1.54, 1.807) is 7.11 Å². The Hall–Kier alpha value is -1.79. The molecular weight excluding hydrogens is 330 g/mol. The first kappa shape index (κ1) is 19.0. The molecule has 2 bridgehead atoms. The summed E-state index contributed by atoms with van der Waals surface area (Å²) < 4.78 is 16.8. The highest BCUT2D eigenvalue weighted by molar-refractivity contribution is 5.80. The van der Waals surface area contributed by atoms with Crippen LogP contribution in [0.5, 0.6) is 5.75 Å². The SMILES string of the molecule is CCNC(=NCCCOCc1ccc(OC)cc1)NC1CC2CCC1O2. The monoisotopic (exact) mass is 361 g/mol. The van der Waals surface area contributed by atoms with Crippen molar-refractivity contribution in [1.82, 2.24) is 10.6 Å². The summed E-state index contributed by atoms with van der Waals surface area (Å²) in [5, 5.41) is 6.86. The number of aliphatic imine (C=N–C) groups is 1. The minimum absolute atomic E-state index is 0.358. The first-order valence-electron chi connectivity index (χ1n) is 9.69. The van der Waals surface area contributed by atoms with Crippen molar-refractivity contribution in [2.45, 2.75) is 57.5 Å². The highest BCUT2D eigenvalue weighted by Gasteiger charge is 2.41. The molecule has 1 aromatic rings. The fourth-order valence-electron chi connectivity index (χ4n) is 3.55. The van der Waals surface area contributed by atoms with Crippen LogP contribution in [0, 0.1) is 0 Å². The number of hydrogen-bond acceptors (Lipinski definition) is 4. The first-order chi connectivity index (χ1) is 12.8. The van der Waals surface area contributed by atoms with Gasteiger partial charge in [0.2, 0.25) is 0 Å². The third-order valence-corrected chi connectivity index (χ3v) is 4.92. The summed E-state index contributed by atoms with van der Waals surface area (Å²) in [6, 6.07) is 8.37. The summed E-state index contributed by atoms with van der Waals surface area (Å²) in [6.07, 6.45) is 5.19. The lowest BCUT2D eigenvalue weighted by atomic mass is 9.96. The van der Waals surface area contributed by atoms with E-state index in [0.29, 0.717) is 31.5 Å². The van der Waals surface area contributed by atoms with Gasteiger partial charge in [-0.25, -0.2) is 0 Å². The summed E-state index contributed by atoms with van der Waals surface area (Å²) in [6.45, 7) is 5.02. The summed E-state index contributed by atoms with van der Waals surface area (Å²) in [7, 11) is 1.67. The van der Waals surface area contributed by atoms with Gasteiger partial charge in [-0.2, -0.15) is 0 Å². The normalized spacial score (nSPS) is 24.7. The van der Waals surface area contributed by atoms with Crippen molar-refractivity contribution in [2.75, 3.05) is 26.8 Å². The molecule has 2 aliphatic rings. The molecule has 0 spiro atoms. The molecular formula is C20H31N3O3. The Kier molecular flexibility index (Phi) is 7.14. The summed E-state index contributed by atoms with van der Waals surface area (Å²) in [5.74, 6) is 1.76. The van der Waals surface area contributed by atoms with E-state index in [-0.39, 0.29) is 0 Å². The van der Waals surface area contributed by atoms with E-state index in [1.807, 2.05) is 24.3 Å². The summed E-state index contributed by atoms with van der Waals surface area (Å²) in [5.41, 5.74) is 1.15. The Morgan fingerprint density at radius 1 is 1.27 bits per heavy atom. The van der Waals surface area contributed by atoms with Gasteiger partial charge < -0.3 is 24.8 Å². The van der Waals surface area contributed by atoms with Crippen LogP contribution in [0.4, 0.5) is 0 Å². The van der Waals surface area contributed by atoms with Gasteiger partial charge >= 0.3 is 0 Å². The molecule has 144 valence electrons. The Balaban J connectivity index is 1.34. The Bertz CT molecular complexity index is 576. The van der Waals surface area contributed by atoms with Gasteiger partial charge in [0.1, 0.15) is 5.75 Å². The van der Waals surface area contributed by atoms with Crippen LogP contribution < -0.4 is 15.4 Å². The van der Waals surface area contributed by atoms with Gasteiger partial charge in [-0.1, -0.05) is 12.1 Å². The molecule has 2 fully saturated rings. The van der Waals surface area contributed by atoms with Crippen LogP contribution in [0.15, 0.2) is 29.3 Å². The number of rotatable bonds is 9. The minimum Gasteiger partial charge on any atom is -0.497 e. The molecule has 0 aliphatic carbocycles. The smallest absolute Gasteiger partial charge is 0.191 e. The van der Waals surface area contributed by atoms with Crippen LogP contribution in [0.2, 0.25) is 0 Å². The second-order valence-corrected chi connectivity index (χ2v) is 6.88. The maximum atomic E-state index is 5.90. The van der Waals surface area contributed by atoms with E-state index in [2.05, 4.69) is 22.5 Å². The van der Waals surface area contributed by atoms with Crippen LogP contribution in [0.1, 0.15) is 38.2 Å². The number of benzene rings is 1. The van der Waals surface area contributed by atoms with Crippen LogP contribution in [0.25, 0.3) is 0 Å². The van der Waals surface area contributed by atoms with Gasteiger partial charge in [0.25, 0.3) is 0 Å². The van der Waals surface area contributed by atoms with Crippen molar-refractivity contribution < 1.29 is 14.2 Å². The number of hydrogen-bond donors (Lipinski definition) is 2. The average Bonchev–Trinajstić information content (AvgIpc) is 3.28. The van der Waals surface area contributed by atoms with E-state index in [4.69, 9.17) is 14.2 Å². The predicted octanol–water partition coefficient (Wildman–Crippen LogP) is 2.48. The van der Waals surface area contributed by atoms with Gasteiger partial charge in [-0.15, -0.1) is 0 Å². The van der Waals surface area contributed by atoms with Crippen LogP contribution in [-0.2, 0) is 16.1 Å². The van der Waals surface area contributed by atoms with Gasteiger partial charge in [-0.3, -0.25) is 4.99 Å². The lowest BCUT2D eigenvalue weighted by Gasteiger charge is -2.22. The zero-order chi connectivity index (χ0) is 18.2. The quantitative estimate of drug-likeness (QED) is 0.402. The van der Waals surface area contributed by atoms with Crippen molar-refractivity contribution in [3.8, 4) is 5.75 Å². The van der Waals surface area contributed by atoms with E-state index in [0.717, 1.165) is 43.2 Å². The lowest BCUT2D eigenvalue weighted by Crippen LogP contribution is -2.47. The van der Waals surface area contributed by atoms with Gasteiger partial charge in [0.05, 0.1) is 32.0 Å². The summed E-state index contributed by atoms with van der Waals surface area (Å²) in [4.78, 5) is 4.67. The molecule has 2 heterocycles. The molecule has 2 N–H and O–H groups in total. The Labute approximate surface area is 156 Å². The van der Waals surface area contributed by atoms with Crippen LogP contribution in [-0.4, -0.2) is 51.0 Å². The highest BCUT2D eigenvalue weighted by atomic mass is 16.5. The van der Waals surface area contributed by atoms with E-state index in [1.165, 1.54) is 12.8 Å². The van der Waals surface area contributed by atoms with E-state index < -0.39 is 0 Å². The maximum Gasteiger partial charge on any atom is 0.191 e. The number of nitrogens with zero attached hydrogens (tertiary/aromatic N) is 1. The number of fused-ring (bicyclic) bond motifs is 2. The van der Waals surface area contributed by atoms with Crippen molar-refractivity contribution in [1.29, 1.82) is 0 Å². The van der Waals surface area contributed by atoms with Gasteiger partial charge in [0, 0.05) is 19.7 Å². The fourth-order valence-corrected chi connectivity index (χ4v) is 3.55. The van der Waals surface area contributed by atoms with E-state index in [9.17, 15) is 0 Å². The van der Waals surface area contributed by atoms with Crippen LogP contribution in [0.3, 0.4) is 0 Å². The standard InChI is InChI=1S/C20H31N3O3/c1-3-21-20(23-18-13-17-9-10-19(18)26-17)22-11-4-12-25-14-15-5-7-16(24-2)8-6-15/h5-8,17-19H,3-4,9-14H2,1-2H3,(H2,21,22,23). The number of ether oxygens (including phenoxy) is 3. The van der Waals surface area contributed by atoms with Crippen molar-refractivity contribution in [3.63, 3.8) is 0 Å². The molecule has 2 saturated heterocycles. The molecule has 1 aromatic carbocycles. The lowest BCUT2D eigenvalue weighted by molar-refractivity contribution is 0.0992. The predicted molar refractivity (Wildman–Crippen MR) is 103 cm³/mol. The minimum atomic E-state index is 0.358. The van der Waals surface area contributed by atoms with Crippen LogP contribution >= 0.6 is 0 Å². The van der Waals surface area contributed by atoms with Crippen molar-refractivity contribution >= 4 is 5.96 Å². The third-order valence-electron chi connectivity index (χ3n) is 4.92. The fraction of sp³-hybridized carbons (Fsp3) is 0.650. The Morgan fingerprint density at radius 3 is 2.77 bits per heavy atom. The van der Waals surface area contributed by atoms with Crippen molar-refractivity contribution in [3.05, 3.63) is 29.8 Å². The molecule has 0 aromatic heterocycles. The maximum absolute atomic E-state index is 5.90. The molecule has 26 heavy (non-hydrogen) atoms. The number of guanidine groups is 1. The van der Waals surface area contributed by atoms with Gasteiger partial charge in [0.15, 0.2) is 5.96 Å². The second-order valence-electron chi connectivity index (χ2n) is 6.88. The van der Waals surface area contributed by atoms with Crippen molar-refractivity contribution in [2.24, 2.45) is 4.99 Å². The zero-order valence-corrected chi connectivity index (χ0v) is 15.9. The number of methoxy groups -OCH3 is 1.